The molecule has 0 aromatic heterocycles. The highest BCUT2D eigenvalue weighted by Crippen LogP contribution is 2.31. The zero-order valence-electron chi connectivity index (χ0n) is 16.1. The number of ketones is 1. The second-order valence-corrected chi connectivity index (χ2v) is 7.37. The molecule has 1 unspecified atom stereocenters. The van der Waals surface area contributed by atoms with Crippen LogP contribution in [0.3, 0.4) is 0 Å². The molecule has 0 spiro atoms. The lowest BCUT2D eigenvalue weighted by atomic mass is 10.1. The van der Waals surface area contributed by atoms with Gasteiger partial charge in [0, 0.05) is 17.0 Å². The number of rotatable bonds is 7. The van der Waals surface area contributed by atoms with E-state index in [4.69, 9.17) is 37.4 Å². The Hall–Kier alpha value is -2.77. The SMILES string of the molecule is CC(OC(=O)CCC(=O)c1ccc2c(c1)OCCO2)C(=O)Nc1ccc(Cl)cc1Cl. The molecule has 3 rings (SSSR count). The summed E-state index contributed by atoms with van der Waals surface area (Å²) in [6, 6.07) is 9.47. The summed E-state index contributed by atoms with van der Waals surface area (Å²) in [5.74, 6) is -0.371. The molecule has 0 bridgehead atoms. The van der Waals surface area contributed by atoms with Crippen molar-refractivity contribution < 1.29 is 28.6 Å². The van der Waals surface area contributed by atoms with E-state index in [9.17, 15) is 14.4 Å². The molecule has 1 aliphatic rings. The summed E-state index contributed by atoms with van der Waals surface area (Å²) in [7, 11) is 0. The van der Waals surface area contributed by atoms with Crippen LogP contribution in [0.25, 0.3) is 0 Å². The molecule has 1 atom stereocenters. The van der Waals surface area contributed by atoms with Crippen LogP contribution < -0.4 is 14.8 Å². The van der Waals surface area contributed by atoms with Gasteiger partial charge in [-0.2, -0.15) is 0 Å². The van der Waals surface area contributed by atoms with Crippen molar-refractivity contribution in [3.05, 3.63) is 52.0 Å². The molecular weight excluding hydrogens is 433 g/mol. The molecule has 30 heavy (non-hydrogen) atoms. The summed E-state index contributed by atoms with van der Waals surface area (Å²) >= 11 is 11.8. The van der Waals surface area contributed by atoms with Crippen LogP contribution in [0.5, 0.6) is 11.5 Å². The second kappa shape index (κ2) is 9.82. The standard InChI is InChI=1S/C21H19Cl2NO6/c1-12(21(27)24-16-4-3-14(22)11-15(16)23)30-20(26)7-5-17(25)13-2-6-18-19(10-13)29-9-8-28-18/h2-4,6,10-12H,5,7-9H2,1H3,(H,24,27). The smallest absolute Gasteiger partial charge is 0.307 e. The van der Waals surface area contributed by atoms with E-state index in [0.29, 0.717) is 41.0 Å². The molecule has 1 N–H and O–H groups in total. The largest absolute Gasteiger partial charge is 0.486 e. The van der Waals surface area contributed by atoms with Crippen LogP contribution in [0.15, 0.2) is 36.4 Å². The fourth-order valence-corrected chi connectivity index (χ4v) is 3.17. The van der Waals surface area contributed by atoms with Crippen molar-refractivity contribution in [3.63, 3.8) is 0 Å². The summed E-state index contributed by atoms with van der Waals surface area (Å²) in [6.07, 6.45) is -1.28. The van der Waals surface area contributed by atoms with E-state index in [1.165, 1.54) is 13.0 Å². The normalized spacial score (nSPS) is 13.3. The van der Waals surface area contributed by atoms with Gasteiger partial charge in [0.05, 0.1) is 17.1 Å². The van der Waals surface area contributed by atoms with Crippen molar-refractivity contribution in [1.29, 1.82) is 0 Å². The maximum Gasteiger partial charge on any atom is 0.307 e. The van der Waals surface area contributed by atoms with E-state index in [2.05, 4.69) is 5.32 Å². The van der Waals surface area contributed by atoms with Gasteiger partial charge in [0.15, 0.2) is 23.4 Å². The number of nitrogens with one attached hydrogen (secondary N) is 1. The Balaban J connectivity index is 1.48. The molecule has 7 nitrogen and oxygen atoms in total. The lowest BCUT2D eigenvalue weighted by molar-refractivity contribution is -0.153. The Morgan fingerprint density at radius 3 is 2.50 bits per heavy atom. The molecule has 9 heteroatoms. The highest BCUT2D eigenvalue weighted by Gasteiger charge is 2.20. The number of hydrogen-bond donors (Lipinski definition) is 1. The number of fused-ring (bicyclic) bond motifs is 1. The van der Waals surface area contributed by atoms with Gasteiger partial charge in [-0.25, -0.2) is 0 Å². The van der Waals surface area contributed by atoms with Gasteiger partial charge in [-0.1, -0.05) is 23.2 Å². The molecule has 0 saturated heterocycles. The van der Waals surface area contributed by atoms with Gasteiger partial charge in [0.25, 0.3) is 5.91 Å². The maximum absolute atomic E-state index is 12.4. The van der Waals surface area contributed by atoms with E-state index in [1.54, 1.807) is 30.3 Å². The third kappa shape index (κ3) is 5.64. The lowest BCUT2D eigenvalue weighted by Crippen LogP contribution is -2.30. The van der Waals surface area contributed by atoms with E-state index in [0.717, 1.165) is 0 Å². The average Bonchev–Trinajstić information content (AvgIpc) is 2.73. The van der Waals surface area contributed by atoms with E-state index >= 15 is 0 Å². The van der Waals surface area contributed by atoms with Crippen molar-refractivity contribution >= 4 is 46.5 Å². The predicted octanol–water partition coefficient (Wildman–Crippen LogP) is 4.30. The molecule has 1 aliphatic heterocycles. The Morgan fingerprint density at radius 2 is 1.77 bits per heavy atom. The summed E-state index contributed by atoms with van der Waals surface area (Å²) in [4.78, 5) is 36.6. The van der Waals surface area contributed by atoms with Crippen LogP contribution >= 0.6 is 23.2 Å². The zero-order valence-corrected chi connectivity index (χ0v) is 17.6. The van der Waals surface area contributed by atoms with E-state index in [1.807, 2.05) is 0 Å². The number of ether oxygens (including phenoxy) is 3. The number of amides is 1. The summed E-state index contributed by atoms with van der Waals surface area (Å²) in [6.45, 7) is 2.31. The Labute approximate surface area is 183 Å². The number of benzene rings is 2. The lowest BCUT2D eigenvalue weighted by Gasteiger charge is -2.18. The van der Waals surface area contributed by atoms with Gasteiger partial charge in [0.1, 0.15) is 13.2 Å². The van der Waals surface area contributed by atoms with Crippen LogP contribution in [0.2, 0.25) is 10.0 Å². The van der Waals surface area contributed by atoms with Gasteiger partial charge in [-0.3, -0.25) is 14.4 Å². The van der Waals surface area contributed by atoms with Gasteiger partial charge in [0.2, 0.25) is 0 Å². The zero-order chi connectivity index (χ0) is 21.7. The van der Waals surface area contributed by atoms with Crippen molar-refractivity contribution in [1.82, 2.24) is 0 Å². The molecule has 1 heterocycles. The second-order valence-electron chi connectivity index (χ2n) is 6.53. The number of anilines is 1. The number of esters is 1. The fraction of sp³-hybridized carbons (Fsp3) is 0.286. The number of halogens is 2. The van der Waals surface area contributed by atoms with Crippen LogP contribution in [-0.2, 0) is 14.3 Å². The van der Waals surface area contributed by atoms with Crippen molar-refractivity contribution in [2.45, 2.75) is 25.9 Å². The summed E-state index contributed by atoms with van der Waals surface area (Å²) in [5.41, 5.74) is 0.762. The highest BCUT2D eigenvalue weighted by atomic mass is 35.5. The summed E-state index contributed by atoms with van der Waals surface area (Å²) < 4.78 is 16.0. The monoisotopic (exact) mass is 451 g/mol. The number of Topliss-reactive ketones (excluding diaryl/α,β-unsaturated/α-hetero) is 1. The van der Waals surface area contributed by atoms with Gasteiger partial charge >= 0.3 is 5.97 Å². The van der Waals surface area contributed by atoms with Crippen LogP contribution in [-0.4, -0.2) is 37.0 Å². The number of carbonyl (C=O) groups excluding carboxylic acids is 3. The minimum absolute atomic E-state index is 0.0597. The van der Waals surface area contributed by atoms with E-state index in [-0.39, 0.29) is 23.6 Å². The first-order chi connectivity index (χ1) is 14.3. The Kier molecular flexibility index (Phi) is 7.18. The van der Waals surface area contributed by atoms with Crippen LogP contribution in [0.4, 0.5) is 5.69 Å². The van der Waals surface area contributed by atoms with E-state index < -0.39 is 18.0 Å². The molecule has 0 saturated carbocycles. The minimum atomic E-state index is -1.06. The Morgan fingerprint density at radius 1 is 1.03 bits per heavy atom. The van der Waals surface area contributed by atoms with Crippen LogP contribution in [0.1, 0.15) is 30.1 Å². The molecule has 0 fully saturated rings. The van der Waals surface area contributed by atoms with Gasteiger partial charge in [-0.15, -0.1) is 0 Å². The van der Waals surface area contributed by atoms with Crippen molar-refractivity contribution in [3.8, 4) is 11.5 Å². The summed E-state index contributed by atoms with van der Waals surface area (Å²) in [5, 5.41) is 3.26. The average molecular weight is 452 g/mol. The maximum atomic E-state index is 12.4. The third-order valence-electron chi connectivity index (χ3n) is 4.29. The molecule has 158 valence electrons. The quantitative estimate of drug-likeness (QED) is 0.498. The molecule has 0 aliphatic carbocycles. The number of carbonyl (C=O) groups is 3. The van der Waals surface area contributed by atoms with Crippen molar-refractivity contribution in [2.75, 3.05) is 18.5 Å². The first kappa shape index (κ1) is 21.9. The van der Waals surface area contributed by atoms with Gasteiger partial charge in [-0.05, 0) is 43.3 Å². The predicted molar refractivity (Wildman–Crippen MR) is 112 cm³/mol. The van der Waals surface area contributed by atoms with Crippen LogP contribution in [0, 0.1) is 0 Å². The first-order valence-corrected chi connectivity index (χ1v) is 9.97. The molecule has 0 radical (unpaired) electrons. The first-order valence-electron chi connectivity index (χ1n) is 9.21. The van der Waals surface area contributed by atoms with Gasteiger partial charge < -0.3 is 19.5 Å². The van der Waals surface area contributed by atoms with Crippen molar-refractivity contribution in [2.24, 2.45) is 0 Å². The topological polar surface area (TPSA) is 90.9 Å². The Bertz CT molecular complexity index is 978. The minimum Gasteiger partial charge on any atom is -0.486 e. The molecule has 2 aromatic rings. The number of hydrogen-bond acceptors (Lipinski definition) is 6. The molecule has 1 amide bonds. The molecule has 2 aromatic carbocycles. The highest BCUT2D eigenvalue weighted by molar-refractivity contribution is 6.36. The third-order valence-corrected chi connectivity index (χ3v) is 4.83. The molecular formula is C21H19Cl2NO6. The fourth-order valence-electron chi connectivity index (χ4n) is 2.71.